The largest absolute Gasteiger partial charge is 0.324 e. The van der Waals surface area contributed by atoms with Crippen molar-refractivity contribution in [3.05, 3.63) is 27.4 Å². The van der Waals surface area contributed by atoms with Crippen molar-refractivity contribution in [3.63, 3.8) is 0 Å². The zero-order chi connectivity index (χ0) is 11.4. The van der Waals surface area contributed by atoms with Gasteiger partial charge >= 0.3 is 0 Å². The van der Waals surface area contributed by atoms with Gasteiger partial charge in [-0.15, -0.1) is 0 Å². The Bertz CT molecular complexity index is 365. The number of hydrogen-bond acceptors (Lipinski definition) is 2. The van der Waals surface area contributed by atoms with Crippen LogP contribution in [-0.4, -0.2) is 11.7 Å². The van der Waals surface area contributed by atoms with Crippen LogP contribution >= 0.6 is 40.2 Å². The van der Waals surface area contributed by atoms with E-state index in [1.807, 2.05) is 0 Å². The predicted octanol–water partition coefficient (Wildman–Crippen LogP) is 3.50. The summed E-state index contributed by atoms with van der Waals surface area (Å²) in [4.78, 5) is 11.3. The number of benzene rings is 1. The van der Waals surface area contributed by atoms with Crippen LogP contribution in [0.15, 0.2) is 16.6 Å². The lowest BCUT2D eigenvalue weighted by Crippen LogP contribution is -2.12. The number of anilines is 1. The molecular weight excluding hydrogens is 305 g/mol. The van der Waals surface area contributed by atoms with Crippen molar-refractivity contribution in [2.45, 2.75) is 6.42 Å². The van der Waals surface area contributed by atoms with Crippen LogP contribution in [0.25, 0.3) is 0 Å². The first-order valence-corrected chi connectivity index (χ1v) is 5.90. The van der Waals surface area contributed by atoms with E-state index in [1.54, 1.807) is 0 Å². The molecule has 0 heterocycles. The van der Waals surface area contributed by atoms with Gasteiger partial charge in [-0.25, -0.2) is 4.39 Å². The third kappa shape index (κ3) is 3.66. The molecule has 1 rings (SSSR count). The Kier molecular flexibility index (Phi) is 4.89. The van der Waals surface area contributed by atoms with Crippen molar-refractivity contribution in [1.29, 1.82) is 0 Å². The quantitative estimate of drug-likeness (QED) is 0.822. The van der Waals surface area contributed by atoms with Crippen LogP contribution in [0, 0.1) is 5.82 Å². The van der Waals surface area contributed by atoms with Crippen LogP contribution in [0.3, 0.4) is 0 Å². The zero-order valence-electron chi connectivity index (χ0n) is 7.56. The molecule has 0 atom stereocenters. The summed E-state index contributed by atoms with van der Waals surface area (Å²) in [6.45, 7) is 0. The van der Waals surface area contributed by atoms with Gasteiger partial charge in [-0.3, -0.25) is 4.79 Å². The number of halogens is 3. The molecule has 82 valence electrons. The van der Waals surface area contributed by atoms with E-state index in [-0.39, 0.29) is 17.4 Å². The molecule has 0 aliphatic heterocycles. The third-order valence-corrected chi connectivity index (χ3v) is 2.76. The highest BCUT2D eigenvalue weighted by Crippen LogP contribution is 2.31. The average molecular weight is 313 g/mol. The first kappa shape index (κ1) is 12.8. The lowest BCUT2D eigenvalue weighted by molar-refractivity contribution is -0.115. The Morgan fingerprint density at radius 3 is 2.80 bits per heavy atom. The summed E-state index contributed by atoms with van der Waals surface area (Å²) >= 11 is 12.8. The summed E-state index contributed by atoms with van der Waals surface area (Å²) in [6.07, 6.45) is 0.281. The summed E-state index contributed by atoms with van der Waals surface area (Å²) in [5, 5.41) is 2.73. The Balaban J connectivity index is 2.90. The second-order valence-electron chi connectivity index (χ2n) is 2.77. The summed E-state index contributed by atoms with van der Waals surface area (Å²) in [7, 11) is 0. The minimum absolute atomic E-state index is 0.161. The van der Waals surface area contributed by atoms with Crippen molar-refractivity contribution in [2.24, 2.45) is 0 Å². The maximum Gasteiger partial charge on any atom is 0.225 e. The van der Waals surface area contributed by atoms with E-state index >= 15 is 0 Å². The van der Waals surface area contributed by atoms with Gasteiger partial charge in [0.15, 0.2) is 0 Å². The van der Waals surface area contributed by atoms with Gasteiger partial charge in [0.2, 0.25) is 5.91 Å². The van der Waals surface area contributed by atoms with Gasteiger partial charge in [0.05, 0.1) is 10.7 Å². The molecule has 1 N–H and O–H groups in total. The number of nitrogens with one attached hydrogen (secondary N) is 1. The maximum absolute atomic E-state index is 12.9. The molecule has 6 heteroatoms. The Morgan fingerprint density at radius 2 is 2.27 bits per heavy atom. The van der Waals surface area contributed by atoms with Gasteiger partial charge in [0.1, 0.15) is 5.82 Å². The normalized spacial score (nSPS) is 10.1. The SMILES string of the molecule is O=C(CCS)Nc1c(Cl)cc(F)cc1Br. The molecule has 0 bridgehead atoms. The number of hydrogen-bond donors (Lipinski definition) is 2. The Morgan fingerprint density at radius 1 is 1.60 bits per heavy atom. The van der Waals surface area contributed by atoms with E-state index in [4.69, 9.17) is 11.6 Å². The molecule has 0 radical (unpaired) electrons. The number of thiol groups is 1. The summed E-state index contributed by atoms with van der Waals surface area (Å²) in [5.41, 5.74) is 0.379. The van der Waals surface area contributed by atoms with Crippen LogP contribution in [0.4, 0.5) is 10.1 Å². The fraction of sp³-hybridized carbons (Fsp3) is 0.222. The Hall–Kier alpha value is -0.260. The van der Waals surface area contributed by atoms with Gasteiger partial charge in [-0.2, -0.15) is 12.6 Å². The number of amides is 1. The van der Waals surface area contributed by atoms with Crippen LogP contribution in [-0.2, 0) is 4.79 Å². The molecular formula is C9H8BrClFNOS. The lowest BCUT2D eigenvalue weighted by atomic mass is 10.3. The van der Waals surface area contributed by atoms with Crippen molar-refractivity contribution in [3.8, 4) is 0 Å². The zero-order valence-corrected chi connectivity index (χ0v) is 10.8. The van der Waals surface area contributed by atoms with Crippen molar-refractivity contribution < 1.29 is 9.18 Å². The molecule has 15 heavy (non-hydrogen) atoms. The highest BCUT2D eigenvalue weighted by atomic mass is 79.9. The highest BCUT2D eigenvalue weighted by Gasteiger charge is 2.10. The fourth-order valence-corrected chi connectivity index (χ4v) is 2.07. The van der Waals surface area contributed by atoms with Crippen molar-refractivity contribution >= 4 is 51.8 Å². The van der Waals surface area contributed by atoms with E-state index in [0.29, 0.717) is 15.9 Å². The molecule has 0 saturated carbocycles. The molecule has 1 aromatic carbocycles. The Labute approximate surface area is 106 Å². The van der Waals surface area contributed by atoms with Crippen LogP contribution in [0.2, 0.25) is 5.02 Å². The molecule has 0 unspecified atom stereocenters. The lowest BCUT2D eigenvalue weighted by Gasteiger charge is -2.08. The van der Waals surface area contributed by atoms with E-state index < -0.39 is 5.82 Å². The van der Waals surface area contributed by atoms with Crippen molar-refractivity contribution in [1.82, 2.24) is 0 Å². The van der Waals surface area contributed by atoms with Crippen LogP contribution in [0.1, 0.15) is 6.42 Å². The van der Waals surface area contributed by atoms with Gasteiger partial charge < -0.3 is 5.32 Å². The molecule has 1 amide bonds. The molecule has 2 nitrogen and oxygen atoms in total. The summed E-state index contributed by atoms with van der Waals surface area (Å²) in [6, 6.07) is 2.38. The number of carbonyl (C=O) groups is 1. The molecule has 0 aliphatic rings. The molecule has 0 fully saturated rings. The van der Waals surface area contributed by atoms with Gasteiger partial charge in [-0.05, 0) is 33.8 Å². The average Bonchev–Trinajstić information content (AvgIpc) is 2.11. The monoisotopic (exact) mass is 311 g/mol. The minimum atomic E-state index is -0.459. The summed E-state index contributed by atoms with van der Waals surface area (Å²) < 4.78 is 13.3. The smallest absolute Gasteiger partial charge is 0.225 e. The van der Waals surface area contributed by atoms with Crippen LogP contribution < -0.4 is 5.32 Å². The van der Waals surface area contributed by atoms with Gasteiger partial charge in [0, 0.05) is 10.9 Å². The second-order valence-corrected chi connectivity index (χ2v) is 4.47. The van der Waals surface area contributed by atoms with Gasteiger partial charge in [0.25, 0.3) is 0 Å². The third-order valence-electron chi connectivity index (χ3n) is 1.61. The fourth-order valence-electron chi connectivity index (χ4n) is 0.965. The topological polar surface area (TPSA) is 29.1 Å². The highest BCUT2D eigenvalue weighted by molar-refractivity contribution is 9.10. The standard InChI is InChI=1S/C9H8BrClFNOS/c10-6-3-5(12)4-7(11)9(6)13-8(14)1-2-15/h3-4,15H,1-2H2,(H,13,14). The van der Waals surface area contributed by atoms with E-state index in [9.17, 15) is 9.18 Å². The van der Waals surface area contributed by atoms with Gasteiger partial charge in [-0.1, -0.05) is 11.6 Å². The molecule has 0 spiro atoms. The summed E-state index contributed by atoms with van der Waals surface area (Å²) in [5.74, 6) is -0.222. The minimum Gasteiger partial charge on any atom is -0.324 e. The van der Waals surface area contributed by atoms with Crippen molar-refractivity contribution in [2.75, 3.05) is 11.1 Å². The van der Waals surface area contributed by atoms with E-state index in [1.165, 1.54) is 6.07 Å². The molecule has 0 saturated heterocycles. The molecule has 0 aliphatic carbocycles. The van der Waals surface area contributed by atoms with Crippen LogP contribution in [0.5, 0.6) is 0 Å². The maximum atomic E-state index is 12.9. The molecule has 0 aromatic heterocycles. The predicted molar refractivity (Wildman–Crippen MR) is 66.2 cm³/mol. The van der Waals surface area contributed by atoms with E-state index in [2.05, 4.69) is 33.9 Å². The second kappa shape index (κ2) is 5.72. The van der Waals surface area contributed by atoms with E-state index in [0.717, 1.165) is 6.07 Å². The number of rotatable bonds is 3. The first-order valence-electron chi connectivity index (χ1n) is 4.10. The first-order chi connectivity index (χ1) is 7.04. The number of carbonyl (C=O) groups excluding carboxylic acids is 1. The molecule has 1 aromatic rings.